The Bertz CT molecular complexity index is 607. The predicted octanol–water partition coefficient (Wildman–Crippen LogP) is 2.70. The number of amides is 1. The molecule has 20 heavy (non-hydrogen) atoms. The Morgan fingerprint density at radius 2 is 1.85 bits per heavy atom. The first-order valence-electron chi connectivity index (χ1n) is 6.12. The standard InChI is InChI=1S/C15H15NO3S/c1-10-8-9-12(20-10)14(17)16-13(15(18)19-2)11-6-4-3-5-7-11/h3-9,13H,1-2H3,(H,16,17). The summed E-state index contributed by atoms with van der Waals surface area (Å²) in [5.41, 5.74) is 0.695. The molecular weight excluding hydrogens is 274 g/mol. The van der Waals surface area contributed by atoms with E-state index in [4.69, 9.17) is 4.74 Å². The van der Waals surface area contributed by atoms with Gasteiger partial charge in [-0.3, -0.25) is 4.79 Å². The molecule has 2 rings (SSSR count). The minimum atomic E-state index is -0.795. The van der Waals surface area contributed by atoms with E-state index in [0.717, 1.165) is 4.88 Å². The van der Waals surface area contributed by atoms with Crippen LogP contribution in [0.3, 0.4) is 0 Å². The fraction of sp³-hybridized carbons (Fsp3) is 0.200. The molecule has 0 fully saturated rings. The summed E-state index contributed by atoms with van der Waals surface area (Å²) in [5.74, 6) is -0.764. The maximum absolute atomic E-state index is 12.2. The van der Waals surface area contributed by atoms with Gasteiger partial charge in [0, 0.05) is 4.88 Å². The summed E-state index contributed by atoms with van der Waals surface area (Å²) < 4.78 is 4.76. The highest BCUT2D eigenvalue weighted by Gasteiger charge is 2.24. The molecular formula is C15H15NO3S. The molecule has 104 valence electrons. The zero-order chi connectivity index (χ0) is 14.5. The highest BCUT2D eigenvalue weighted by molar-refractivity contribution is 7.13. The molecule has 0 aliphatic carbocycles. The first-order valence-corrected chi connectivity index (χ1v) is 6.93. The van der Waals surface area contributed by atoms with Crippen molar-refractivity contribution in [2.24, 2.45) is 0 Å². The number of thiophene rings is 1. The normalized spacial score (nSPS) is 11.7. The average molecular weight is 289 g/mol. The molecule has 4 nitrogen and oxygen atoms in total. The minimum Gasteiger partial charge on any atom is -0.467 e. The van der Waals surface area contributed by atoms with Gasteiger partial charge < -0.3 is 10.1 Å². The van der Waals surface area contributed by atoms with E-state index in [9.17, 15) is 9.59 Å². The number of nitrogens with one attached hydrogen (secondary N) is 1. The molecule has 2 aromatic rings. The van der Waals surface area contributed by atoms with Crippen molar-refractivity contribution in [2.75, 3.05) is 7.11 Å². The van der Waals surface area contributed by atoms with Crippen molar-refractivity contribution in [1.29, 1.82) is 0 Å². The van der Waals surface area contributed by atoms with Crippen LogP contribution in [0.2, 0.25) is 0 Å². The van der Waals surface area contributed by atoms with Crippen LogP contribution in [0.25, 0.3) is 0 Å². The molecule has 1 amide bonds. The third-order valence-electron chi connectivity index (χ3n) is 2.81. The molecule has 1 aromatic carbocycles. The molecule has 1 N–H and O–H groups in total. The quantitative estimate of drug-likeness (QED) is 0.880. The van der Waals surface area contributed by atoms with E-state index in [1.54, 1.807) is 18.2 Å². The fourth-order valence-electron chi connectivity index (χ4n) is 1.80. The highest BCUT2D eigenvalue weighted by atomic mass is 32.1. The van der Waals surface area contributed by atoms with Gasteiger partial charge in [0.25, 0.3) is 5.91 Å². The van der Waals surface area contributed by atoms with Crippen molar-refractivity contribution >= 4 is 23.2 Å². The van der Waals surface area contributed by atoms with Crippen molar-refractivity contribution in [3.63, 3.8) is 0 Å². The van der Waals surface area contributed by atoms with Gasteiger partial charge >= 0.3 is 5.97 Å². The summed E-state index contributed by atoms with van der Waals surface area (Å²) >= 11 is 1.39. The van der Waals surface area contributed by atoms with Crippen LogP contribution in [0.1, 0.15) is 26.2 Å². The third kappa shape index (κ3) is 3.24. The summed E-state index contributed by atoms with van der Waals surface area (Å²) in [6.45, 7) is 1.93. The molecule has 0 bridgehead atoms. The van der Waals surface area contributed by atoms with Gasteiger partial charge in [0.1, 0.15) is 0 Å². The summed E-state index contributed by atoms with van der Waals surface area (Å²) in [6, 6.07) is 11.9. The number of aryl methyl sites for hydroxylation is 1. The summed E-state index contributed by atoms with van der Waals surface area (Å²) in [4.78, 5) is 25.6. The van der Waals surface area contributed by atoms with E-state index in [1.165, 1.54) is 18.4 Å². The molecule has 1 unspecified atom stereocenters. The van der Waals surface area contributed by atoms with Crippen LogP contribution < -0.4 is 5.32 Å². The van der Waals surface area contributed by atoms with Gasteiger partial charge in [0.2, 0.25) is 0 Å². The minimum absolute atomic E-state index is 0.276. The second kappa shape index (κ2) is 6.34. The Labute approximate surface area is 121 Å². The zero-order valence-electron chi connectivity index (χ0n) is 11.3. The lowest BCUT2D eigenvalue weighted by Gasteiger charge is -2.16. The van der Waals surface area contributed by atoms with Crippen LogP contribution in [0.5, 0.6) is 0 Å². The average Bonchev–Trinajstić information content (AvgIpc) is 2.91. The second-order valence-electron chi connectivity index (χ2n) is 4.25. The van der Waals surface area contributed by atoms with Gasteiger partial charge in [-0.25, -0.2) is 4.79 Å². The molecule has 5 heteroatoms. The molecule has 1 aromatic heterocycles. The molecule has 0 aliphatic heterocycles. The maximum Gasteiger partial charge on any atom is 0.333 e. The van der Waals surface area contributed by atoms with Gasteiger partial charge in [-0.2, -0.15) is 0 Å². The Kier molecular flexibility index (Phi) is 4.53. The summed E-state index contributed by atoms with van der Waals surface area (Å²) in [5, 5.41) is 2.71. The number of carbonyl (C=O) groups excluding carboxylic acids is 2. The van der Waals surface area contributed by atoms with E-state index in [1.807, 2.05) is 31.2 Å². The maximum atomic E-state index is 12.2. The van der Waals surface area contributed by atoms with Crippen LogP contribution in [-0.2, 0) is 9.53 Å². The molecule has 1 heterocycles. The van der Waals surface area contributed by atoms with Gasteiger partial charge in [-0.1, -0.05) is 30.3 Å². The Hall–Kier alpha value is -2.14. The number of benzene rings is 1. The lowest BCUT2D eigenvalue weighted by molar-refractivity contribution is -0.143. The number of methoxy groups -OCH3 is 1. The van der Waals surface area contributed by atoms with E-state index in [0.29, 0.717) is 10.4 Å². The van der Waals surface area contributed by atoms with Crippen LogP contribution in [-0.4, -0.2) is 19.0 Å². The largest absolute Gasteiger partial charge is 0.467 e. The van der Waals surface area contributed by atoms with Crippen molar-refractivity contribution in [2.45, 2.75) is 13.0 Å². The van der Waals surface area contributed by atoms with Crippen molar-refractivity contribution < 1.29 is 14.3 Å². The lowest BCUT2D eigenvalue weighted by atomic mass is 10.1. The Morgan fingerprint density at radius 1 is 1.15 bits per heavy atom. The molecule has 1 atom stereocenters. The van der Waals surface area contributed by atoms with Crippen LogP contribution >= 0.6 is 11.3 Å². The number of rotatable bonds is 4. The summed E-state index contributed by atoms with van der Waals surface area (Å²) in [7, 11) is 1.31. The van der Waals surface area contributed by atoms with Gasteiger partial charge in [-0.05, 0) is 24.6 Å². The van der Waals surface area contributed by atoms with E-state index in [-0.39, 0.29) is 5.91 Å². The Morgan fingerprint density at radius 3 is 2.40 bits per heavy atom. The smallest absolute Gasteiger partial charge is 0.333 e. The van der Waals surface area contributed by atoms with Crippen LogP contribution in [0, 0.1) is 6.92 Å². The van der Waals surface area contributed by atoms with E-state index >= 15 is 0 Å². The fourth-order valence-corrected chi connectivity index (χ4v) is 2.57. The second-order valence-corrected chi connectivity index (χ2v) is 5.54. The van der Waals surface area contributed by atoms with Crippen LogP contribution in [0.4, 0.5) is 0 Å². The number of esters is 1. The van der Waals surface area contributed by atoms with E-state index < -0.39 is 12.0 Å². The zero-order valence-corrected chi connectivity index (χ0v) is 12.1. The van der Waals surface area contributed by atoms with Crippen molar-refractivity contribution in [3.05, 3.63) is 57.8 Å². The van der Waals surface area contributed by atoms with Crippen molar-refractivity contribution in [3.8, 4) is 0 Å². The lowest BCUT2D eigenvalue weighted by Crippen LogP contribution is -2.34. The van der Waals surface area contributed by atoms with Gasteiger partial charge in [-0.15, -0.1) is 11.3 Å². The SMILES string of the molecule is COC(=O)C(NC(=O)c1ccc(C)s1)c1ccccc1. The molecule has 0 radical (unpaired) electrons. The first-order chi connectivity index (χ1) is 9.61. The van der Waals surface area contributed by atoms with Crippen LogP contribution in [0.15, 0.2) is 42.5 Å². The number of hydrogen-bond acceptors (Lipinski definition) is 4. The number of carbonyl (C=O) groups is 2. The number of ether oxygens (including phenoxy) is 1. The summed E-state index contributed by atoms with van der Waals surface area (Å²) in [6.07, 6.45) is 0. The highest BCUT2D eigenvalue weighted by Crippen LogP contribution is 2.18. The van der Waals surface area contributed by atoms with Crippen molar-refractivity contribution in [1.82, 2.24) is 5.32 Å². The molecule has 0 aliphatic rings. The third-order valence-corrected chi connectivity index (χ3v) is 3.81. The van der Waals surface area contributed by atoms with Gasteiger partial charge in [0.15, 0.2) is 6.04 Å². The predicted molar refractivity (Wildman–Crippen MR) is 77.7 cm³/mol. The first kappa shape index (κ1) is 14.3. The number of hydrogen-bond donors (Lipinski definition) is 1. The monoisotopic (exact) mass is 289 g/mol. The van der Waals surface area contributed by atoms with Gasteiger partial charge in [0.05, 0.1) is 12.0 Å². The molecule has 0 saturated heterocycles. The van der Waals surface area contributed by atoms with E-state index in [2.05, 4.69) is 5.32 Å². The molecule has 0 saturated carbocycles. The topological polar surface area (TPSA) is 55.4 Å². The Balaban J connectivity index is 2.21. The molecule has 0 spiro atoms.